The van der Waals surface area contributed by atoms with Gasteiger partial charge in [0.15, 0.2) is 0 Å². The maximum Gasteiger partial charge on any atom is 0.103 e. The zero-order valence-corrected chi connectivity index (χ0v) is 22.0. The van der Waals surface area contributed by atoms with Crippen molar-refractivity contribution in [1.29, 1.82) is 0 Å². The van der Waals surface area contributed by atoms with Crippen LogP contribution in [0, 0.1) is 17.3 Å². The number of aliphatic hydroxyl groups excluding tert-OH is 2. The Kier molecular flexibility index (Phi) is 5.91. The Labute approximate surface area is 214 Å². The van der Waals surface area contributed by atoms with Gasteiger partial charge in [0.25, 0.3) is 0 Å². The van der Waals surface area contributed by atoms with Gasteiger partial charge in [-0.1, -0.05) is 31.2 Å². The summed E-state index contributed by atoms with van der Waals surface area (Å²) in [5.41, 5.74) is 3.40. The summed E-state index contributed by atoms with van der Waals surface area (Å²) in [7, 11) is 5.88. The Morgan fingerprint density at radius 2 is 1.92 bits per heavy atom. The van der Waals surface area contributed by atoms with E-state index in [9.17, 15) is 10.2 Å². The number of aliphatic hydroxyl groups is 2. The molecule has 0 spiro atoms. The van der Waals surface area contributed by atoms with Gasteiger partial charge in [-0.2, -0.15) is 0 Å². The van der Waals surface area contributed by atoms with Gasteiger partial charge in [-0.15, -0.1) is 0 Å². The van der Waals surface area contributed by atoms with E-state index in [0.717, 1.165) is 44.1 Å². The fourth-order valence-corrected chi connectivity index (χ4v) is 8.51. The smallest absolute Gasteiger partial charge is 0.103 e. The zero-order valence-electron chi connectivity index (χ0n) is 22.0. The molecule has 0 amide bonds. The molecule has 5 heteroatoms. The zero-order chi connectivity index (χ0) is 25.2. The molecule has 2 saturated carbocycles. The van der Waals surface area contributed by atoms with Gasteiger partial charge in [-0.3, -0.25) is 4.98 Å². The molecule has 6 rings (SSSR count). The number of pyridine rings is 1. The SMILES string of the molecule is CO[C@]12CCC3C[C@H](N(C)C)[C@@H](O)[C@H](O)C3=CC1=CC[C@]1(C)[C@@H](c3ccc4ccncc4c3)CC[C@H]12. The highest BCUT2D eigenvalue weighted by atomic mass is 16.5. The second-order valence-electron chi connectivity index (χ2n) is 12.2. The molecular weight excluding hydrogens is 448 g/mol. The monoisotopic (exact) mass is 488 g/mol. The fraction of sp³-hybridized carbons (Fsp3) is 0.581. The minimum atomic E-state index is -0.819. The number of hydrogen-bond acceptors (Lipinski definition) is 5. The summed E-state index contributed by atoms with van der Waals surface area (Å²) < 4.78 is 6.56. The molecule has 1 heterocycles. The maximum atomic E-state index is 11.2. The van der Waals surface area contributed by atoms with Crippen molar-refractivity contribution in [1.82, 2.24) is 9.88 Å². The van der Waals surface area contributed by atoms with Crippen molar-refractivity contribution in [3.05, 3.63) is 65.5 Å². The van der Waals surface area contributed by atoms with E-state index in [1.54, 1.807) is 0 Å². The van der Waals surface area contributed by atoms with Crippen LogP contribution in [0.2, 0.25) is 0 Å². The predicted molar refractivity (Wildman–Crippen MR) is 143 cm³/mol. The van der Waals surface area contributed by atoms with Gasteiger partial charge in [0.2, 0.25) is 0 Å². The van der Waals surface area contributed by atoms with Crippen LogP contribution >= 0.6 is 0 Å². The number of benzene rings is 1. The van der Waals surface area contributed by atoms with Gasteiger partial charge in [-0.25, -0.2) is 0 Å². The number of methoxy groups -OCH3 is 1. The molecule has 5 nitrogen and oxygen atoms in total. The van der Waals surface area contributed by atoms with Crippen molar-refractivity contribution in [3.63, 3.8) is 0 Å². The lowest BCUT2D eigenvalue weighted by Crippen LogP contribution is -2.52. The van der Waals surface area contributed by atoms with E-state index in [0.29, 0.717) is 11.8 Å². The van der Waals surface area contributed by atoms with Crippen LogP contribution < -0.4 is 0 Å². The number of aromatic nitrogens is 1. The van der Waals surface area contributed by atoms with E-state index < -0.39 is 12.2 Å². The van der Waals surface area contributed by atoms with Crippen molar-refractivity contribution in [2.75, 3.05) is 21.2 Å². The van der Waals surface area contributed by atoms with Crippen LogP contribution in [0.15, 0.2) is 60.0 Å². The largest absolute Gasteiger partial charge is 0.388 e. The van der Waals surface area contributed by atoms with Crippen molar-refractivity contribution >= 4 is 10.8 Å². The highest BCUT2D eigenvalue weighted by molar-refractivity contribution is 5.82. The van der Waals surface area contributed by atoms with Crippen molar-refractivity contribution in [3.8, 4) is 0 Å². The lowest BCUT2D eigenvalue weighted by molar-refractivity contribution is -0.0797. The van der Waals surface area contributed by atoms with E-state index in [2.05, 4.69) is 53.2 Å². The Morgan fingerprint density at radius 3 is 2.69 bits per heavy atom. The molecule has 4 aliphatic rings. The standard InChI is InChI=1S/C31H40N2O3/c1-30-12-10-23-17-24-20(16-26(33(2)3)29(35)28(24)34)9-13-31(23,36-4)27(30)8-7-25(30)21-6-5-19-11-14-32-18-22(19)15-21/h5-6,10-11,14-15,17-18,20,25-29,34-35H,7-9,12-13,16H2,1-4H3/t20?,25-,26+,27-,28-,29-,30-,31-/m1/s1. The molecule has 1 unspecified atom stereocenters. The summed E-state index contributed by atoms with van der Waals surface area (Å²) in [6.45, 7) is 2.47. The molecule has 2 fully saturated rings. The van der Waals surface area contributed by atoms with E-state index in [1.807, 2.05) is 33.6 Å². The molecule has 0 saturated heterocycles. The van der Waals surface area contributed by atoms with E-state index >= 15 is 0 Å². The molecule has 36 heavy (non-hydrogen) atoms. The minimum absolute atomic E-state index is 0.0294. The molecule has 2 N–H and O–H groups in total. The van der Waals surface area contributed by atoms with Gasteiger partial charge in [0, 0.05) is 30.9 Å². The minimum Gasteiger partial charge on any atom is -0.388 e. The molecule has 0 aliphatic heterocycles. The normalized spacial score (nSPS) is 40.2. The average molecular weight is 489 g/mol. The van der Waals surface area contributed by atoms with E-state index in [4.69, 9.17) is 4.74 Å². The molecule has 1 aromatic heterocycles. The summed E-state index contributed by atoms with van der Waals surface area (Å²) in [6, 6.07) is 8.97. The highest BCUT2D eigenvalue weighted by Gasteiger charge is 2.60. The molecule has 0 bridgehead atoms. The number of nitrogens with zero attached hydrogens (tertiary/aromatic N) is 2. The van der Waals surface area contributed by atoms with Gasteiger partial charge >= 0.3 is 0 Å². The molecule has 0 radical (unpaired) electrons. The topological polar surface area (TPSA) is 65.8 Å². The van der Waals surface area contributed by atoms with Gasteiger partial charge in [0.1, 0.15) is 6.10 Å². The maximum absolute atomic E-state index is 11.2. The summed E-state index contributed by atoms with van der Waals surface area (Å²) in [6.07, 6.45) is 13.0. The van der Waals surface area contributed by atoms with Crippen LogP contribution in [-0.4, -0.2) is 65.2 Å². The lowest BCUT2D eigenvalue weighted by atomic mass is 9.58. The van der Waals surface area contributed by atoms with Gasteiger partial charge in [0.05, 0.1) is 11.7 Å². The van der Waals surface area contributed by atoms with Crippen LogP contribution in [-0.2, 0) is 4.74 Å². The second-order valence-corrected chi connectivity index (χ2v) is 12.2. The van der Waals surface area contributed by atoms with Crippen LogP contribution in [0.4, 0.5) is 0 Å². The van der Waals surface area contributed by atoms with E-state index in [1.165, 1.54) is 21.9 Å². The van der Waals surface area contributed by atoms with Crippen LogP contribution in [0.5, 0.6) is 0 Å². The Morgan fingerprint density at radius 1 is 1.08 bits per heavy atom. The summed E-state index contributed by atoms with van der Waals surface area (Å²) in [4.78, 5) is 6.41. The first kappa shape index (κ1) is 24.3. The summed E-state index contributed by atoms with van der Waals surface area (Å²) in [5, 5.41) is 24.5. The third-order valence-electron chi connectivity index (χ3n) is 10.5. The van der Waals surface area contributed by atoms with Crippen molar-refractivity contribution in [2.45, 2.75) is 75.2 Å². The number of fused-ring (bicyclic) bond motifs is 5. The van der Waals surface area contributed by atoms with Gasteiger partial charge in [-0.05, 0) is 110 Å². The third-order valence-corrected chi connectivity index (χ3v) is 10.5. The molecule has 8 atom stereocenters. The fourth-order valence-electron chi connectivity index (χ4n) is 8.51. The highest BCUT2D eigenvalue weighted by Crippen LogP contribution is 2.64. The molecule has 1 aromatic carbocycles. The summed E-state index contributed by atoms with van der Waals surface area (Å²) >= 11 is 0. The Bertz CT molecular complexity index is 1220. The van der Waals surface area contributed by atoms with Crippen molar-refractivity contribution < 1.29 is 14.9 Å². The van der Waals surface area contributed by atoms with Crippen LogP contribution in [0.25, 0.3) is 10.8 Å². The van der Waals surface area contributed by atoms with Crippen LogP contribution in [0.1, 0.15) is 56.9 Å². The third kappa shape index (κ3) is 3.47. The first-order valence-corrected chi connectivity index (χ1v) is 13.6. The number of allylic oxidation sites excluding steroid dienone is 1. The Balaban J connectivity index is 1.37. The molecule has 2 aromatic rings. The Hall–Kier alpha value is -2.05. The first-order chi connectivity index (χ1) is 17.3. The summed E-state index contributed by atoms with van der Waals surface area (Å²) in [5.74, 6) is 1.15. The molecular formula is C31H40N2O3. The first-order valence-electron chi connectivity index (χ1n) is 13.6. The number of ether oxygens (including phenoxy) is 1. The molecule has 192 valence electrons. The predicted octanol–water partition coefficient (Wildman–Crippen LogP) is 4.84. The average Bonchev–Trinajstić information content (AvgIpc) is 3.14. The lowest BCUT2D eigenvalue weighted by Gasteiger charge is -2.51. The van der Waals surface area contributed by atoms with E-state index in [-0.39, 0.29) is 23.0 Å². The number of likely N-dealkylation sites (N-methyl/N-ethyl adjacent to an activating group) is 1. The number of rotatable bonds is 3. The molecule has 4 aliphatic carbocycles. The van der Waals surface area contributed by atoms with Crippen LogP contribution in [0.3, 0.4) is 0 Å². The quantitative estimate of drug-likeness (QED) is 0.647. The van der Waals surface area contributed by atoms with Crippen molar-refractivity contribution in [2.24, 2.45) is 17.3 Å². The number of hydrogen-bond donors (Lipinski definition) is 2. The van der Waals surface area contributed by atoms with Gasteiger partial charge < -0.3 is 19.8 Å². The second kappa shape index (κ2) is 8.76.